The summed E-state index contributed by atoms with van der Waals surface area (Å²) in [6, 6.07) is 3.72. The Kier molecular flexibility index (Phi) is 6.08. The number of nitrogens with one attached hydrogen (secondary N) is 2. The standard InChI is InChI=1S/C13H19N3O4/c1-8(6-17)14-12(19)10-4-3-5-11(16-10)13(20)15-9(2)7-18/h3-5,8-9,17-18H,6-7H2,1-2H3,(H,14,19)(H,15,20)/t8-,9-/m0/s1. The third-order valence-electron chi connectivity index (χ3n) is 2.52. The molecule has 0 saturated heterocycles. The van der Waals surface area contributed by atoms with E-state index >= 15 is 0 Å². The van der Waals surface area contributed by atoms with Gasteiger partial charge in [-0.25, -0.2) is 4.98 Å². The van der Waals surface area contributed by atoms with E-state index in [9.17, 15) is 9.59 Å². The van der Waals surface area contributed by atoms with E-state index < -0.39 is 23.9 Å². The van der Waals surface area contributed by atoms with Gasteiger partial charge in [-0.1, -0.05) is 6.07 Å². The minimum atomic E-state index is -0.462. The molecule has 2 atom stereocenters. The molecule has 0 aromatic carbocycles. The van der Waals surface area contributed by atoms with E-state index in [1.807, 2.05) is 0 Å². The first-order valence-electron chi connectivity index (χ1n) is 6.28. The summed E-state index contributed by atoms with van der Waals surface area (Å²) in [6.07, 6.45) is 0. The second kappa shape index (κ2) is 7.56. The summed E-state index contributed by atoms with van der Waals surface area (Å²) in [6.45, 7) is 2.94. The van der Waals surface area contributed by atoms with Crippen molar-refractivity contribution in [1.29, 1.82) is 0 Å². The zero-order chi connectivity index (χ0) is 15.1. The fraction of sp³-hybridized carbons (Fsp3) is 0.462. The highest BCUT2D eigenvalue weighted by Crippen LogP contribution is 2.01. The molecule has 2 amide bonds. The van der Waals surface area contributed by atoms with Gasteiger partial charge in [0.25, 0.3) is 11.8 Å². The first-order chi connectivity index (χ1) is 9.47. The molecule has 1 aromatic rings. The molecule has 0 bridgehead atoms. The van der Waals surface area contributed by atoms with Crippen LogP contribution in [0, 0.1) is 0 Å². The number of carbonyl (C=O) groups is 2. The van der Waals surface area contributed by atoms with E-state index in [-0.39, 0.29) is 24.6 Å². The van der Waals surface area contributed by atoms with Crippen LogP contribution in [0.4, 0.5) is 0 Å². The predicted octanol–water partition coefficient (Wildman–Crippen LogP) is -0.697. The van der Waals surface area contributed by atoms with Crippen molar-refractivity contribution >= 4 is 11.8 Å². The maximum absolute atomic E-state index is 11.8. The first kappa shape index (κ1) is 16.1. The van der Waals surface area contributed by atoms with Crippen molar-refractivity contribution in [3.63, 3.8) is 0 Å². The molecule has 0 aliphatic rings. The number of aromatic nitrogens is 1. The van der Waals surface area contributed by atoms with Crippen LogP contribution in [0.1, 0.15) is 34.8 Å². The van der Waals surface area contributed by atoms with Gasteiger partial charge in [-0.3, -0.25) is 9.59 Å². The van der Waals surface area contributed by atoms with Crippen molar-refractivity contribution in [3.8, 4) is 0 Å². The lowest BCUT2D eigenvalue weighted by Crippen LogP contribution is -2.37. The fourth-order valence-electron chi connectivity index (χ4n) is 1.37. The summed E-state index contributed by atoms with van der Waals surface area (Å²) in [5.41, 5.74) is 0.184. The van der Waals surface area contributed by atoms with Gasteiger partial charge in [-0.05, 0) is 26.0 Å². The highest BCUT2D eigenvalue weighted by molar-refractivity contribution is 5.96. The zero-order valence-electron chi connectivity index (χ0n) is 11.5. The second-order valence-corrected chi connectivity index (χ2v) is 4.52. The van der Waals surface area contributed by atoms with Crippen LogP contribution in [0.2, 0.25) is 0 Å². The largest absolute Gasteiger partial charge is 0.394 e. The van der Waals surface area contributed by atoms with Gasteiger partial charge >= 0.3 is 0 Å². The molecular weight excluding hydrogens is 262 g/mol. The van der Waals surface area contributed by atoms with Crippen LogP contribution < -0.4 is 10.6 Å². The third-order valence-corrected chi connectivity index (χ3v) is 2.52. The third kappa shape index (κ3) is 4.60. The Morgan fingerprint density at radius 2 is 1.45 bits per heavy atom. The number of rotatable bonds is 6. The van der Waals surface area contributed by atoms with E-state index in [0.717, 1.165) is 0 Å². The van der Waals surface area contributed by atoms with Crippen LogP contribution in [0.5, 0.6) is 0 Å². The van der Waals surface area contributed by atoms with Gasteiger partial charge in [0.05, 0.1) is 13.2 Å². The van der Waals surface area contributed by atoms with Gasteiger partial charge < -0.3 is 20.8 Å². The molecule has 4 N–H and O–H groups in total. The molecule has 7 nitrogen and oxygen atoms in total. The van der Waals surface area contributed by atoms with Gasteiger partial charge in [-0.15, -0.1) is 0 Å². The molecule has 110 valence electrons. The summed E-state index contributed by atoms with van der Waals surface area (Å²) in [7, 11) is 0. The fourth-order valence-corrected chi connectivity index (χ4v) is 1.37. The number of aliphatic hydroxyl groups is 2. The van der Waals surface area contributed by atoms with Crippen molar-refractivity contribution in [2.75, 3.05) is 13.2 Å². The average molecular weight is 281 g/mol. The quantitative estimate of drug-likeness (QED) is 0.551. The number of aliphatic hydroxyl groups excluding tert-OH is 2. The van der Waals surface area contributed by atoms with E-state index in [4.69, 9.17) is 10.2 Å². The minimum Gasteiger partial charge on any atom is -0.394 e. The molecular formula is C13H19N3O4. The summed E-state index contributed by atoms with van der Waals surface area (Å²) in [5.74, 6) is -0.923. The molecule has 0 spiro atoms. The zero-order valence-corrected chi connectivity index (χ0v) is 11.5. The molecule has 0 aliphatic carbocycles. The lowest BCUT2D eigenvalue weighted by atomic mass is 10.2. The molecule has 0 saturated carbocycles. The van der Waals surface area contributed by atoms with Gasteiger partial charge in [0.15, 0.2) is 0 Å². The van der Waals surface area contributed by atoms with E-state index in [1.165, 1.54) is 12.1 Å². The van der Waals surface area contributed by atoms with Crippen molar-refractivity contribution in [2.24, 2.45) is 0 Å². The smallest absolute Gasteiger partial charge is 0.270 e. The van der Waals surface area contributed by atoms with Crippen LogP contribution in [-0.4, -0.2) is 52.3 Å². The van der Waals surface area contributed by atoms with Crippen molar-refractivity contribution in [3.05, 3.63) is 29.6 Å². The average Bonchev–Trinajstić information content (AvgIpc) is 2.46. The SMILES string of the molecule is C[C@@H](CO)NC(=O)c1cccc(C(=O)N[C@@H](C)CO)n1. The lowest BCUT2D eigenvalue weighted by Gasteiger charge is -2.12. The Hall–Kier alpha value is -1.99. The van der Waals surface area contributed by atoms with E-state index in [1.54, 1.807) is 19.9 Å². The normalized spacial score (nSPS) is 13.4. The molecule has 20 heavy (non-hydrogen) atoms. The molecule has 7 heteroatoms. The predicted molar refractivity (Wildman–Crippen MR) is 72.3 cm³/mol. The summed E-state index contributed by atoms with van der Waals surface area (Å²) < 4.78 is 0. The van der Waals surface area contributed by atoms with Crippen molar-refractivity contribution in [1.82, 2.24) is 15.6 Å². The van der Waals surface area contributed by atoms with E-state index in [2.05, 4.69) is 15.6 Å². The Morgan fingerprint density at radius 1 is 1.05 bits per heavy atom. The van der Waals surface area contributed by atoms with Crippen LogP contribution >= 0.6 is 0 Å². The highest BCUT2D eigenvalue weighted by atomic mass is 16.3. The maximum atomic E-state index is 11.8. The lowest BCUT2D eigenvalue weighted by molar-refractivity contribution is 0.0912. The molecule has 1 rings (SSSR count). The molecule has 0 fully saturated rings. The Morgan fingerprint density at radius 3 is 1.80 bits per heavy atom. The van der Waals surface area contributed by atoms with Gasteiger partial charge in [0.2, 0.25) is 0 Å². The van der Waals surface area contributed by atoms with Gasteiger partial charge in [0.1, 0.15) is 11.4 Å². The number of carbonyl (C=O) groups excluding carboxylic acids is 2. The first-order valence-corrected chi connectivity index (χ1v) is 6.28. The van der Waals surface area contributed by atoms with Crippen LogP contribution in [0.15, 0.2) is 18.2 Å². The van der Waals surface area contributed by atoms with Gasteiger partial charge in [0, 0.05) is 12.1 Å². The van der Waals surface area contributed by atoms with E-state index in [0.29, 0.717) is 0 Å². The minimum absolute atomic E-state index is 0.0922. The number of pyridine rings is 1. The molecule has 0 unspecified atom stereocenters. The number of nitrogens with zero attached hydrogens (tertiary/aromatic N) is 1. The van der Waals surface area contributed by atoms with Crippen LogP contribution in [0.25, 0.3) is 0 Å². The number of hydrogen-bond donors (Lipinski definition) is 4. The summed E-state index contributed by atoms with van der Waals surface area (Å²) in [5, 5.41) is 22.8. The highest BCUT2D eigenvalue weighted by Gasteiger charge is 2.14. The Balaban J connectivity index is 2.80. The number of amides is 2. The Bertz CT molecular complexity index is 439. The maximum Gasteiger partial charge on any atom is 0.270 e. The molecule has 0 radical (unpaired) electrons. The summed E-state index contributed by atoms with van der Waals surface area (Å²) >= 11 is 0. The number of hydrogen-bond acceptors (Lipinski definition) is 5. The molecule has 0 aliphatic heterocycles. The molecule has 1 aromatic heterocycles. The second-order valence-electron chi connectivity index (χ2n) is 4.52. The molecule has 1 heterocycles. The van der Waals surface area contributed by atoms with Crippen molar-refractivity contribution in [2.45, 2.75) is 25.9 Å². The van der Waals surface area contributed by atoms with Crippen LogP contribution in [-0.2, 0) is 0 Å². The van der Waals surface area contributed by atoms with Crippen molar-refractivity contribution < 1.29 is 19.8 Å². The Labute approximate surface area is 117 Å². The topological polar surface area (TPSA) is 112 Å². The van der Waals surface area contributed by atoms with Crippen LogP contribution in [0.3, 0.4) is 0 Å². The van der Waals surface area contributed by atoms with Gasteiger partial charge in [-0.2, -0.15) is 0 Å². The monoisotopic (exact) mass is 281 g/mol. The summed E-state index contributed by atoms with van der Waals surface area (Å²) in [4.78, 5) is 27.6.